The first-order valence-corrected chi connectivity index (χ1v) is 42.1. The van der Waals surface area contributed by atoms with Crippen LogP contribution in [0.25, 0.3) is 182 Å². The number of aromatic hydroxyl groups is 2. The van der Waals surface area contributed by atoms with Crippen LogP contribution in [0.1, 0.15) is 78.9 Å². The standard InChI is InChI=1S/C110H84N12O2/c1-69-61-79(65-111-83-37-33-77(34-38-83)107-97-53-49-93(117-97)103(73-25-13-5-14-26-73)89-45-41-85(113-89)101(71-21-9-3-10-22-71)86-42-46-90(114-86)104(74-27-15-6-16-28-74)94-50-54-98(107)118-94)109(123)81(63-69)67-121-57-59-122(60-58-121)68-82-64-70(2)62-80(110(82)124)66-112-84-39-35-78(36-40-84)108-99-55-51-95(119-99)105(75-29-17-7-18-30-75)91-47-43-87(115-91)102(72-23-11-4-12-24-72)88-44-48-92(116-88)106(76-31-19-8-20-32-76)96-52-56-100(108)120-96/h3-56,61-66,113,115,118,120,123-124H,57-60,67-68H2,1-2H3. The molecular weight excluding hydrogens is 1520 g/mol. The predicted octanol–water partition coefficient (Wildman–Crippen LogP) is 25.8. The van der Waals surface area contributed by atoms with Gasteiger partial charge in [0.2, 0.25) is 0 Å². The number of rotatable bonds is 16. The maximum atomic E-state index is 12.1. The number of piperazine rings is 1. The molecule has 6 aromatic heterocycles. The summed E-state index contributed by atoms with van der Waals surface area (Å²) >= 11 is 0. The van der Waals surface area contributed by atoms with E-state index in [4.69, 9.17) is 29.9 Å². The molecule has 6 N–H and O–H groups in total. The van der Waals surface area contributed by atoms with E-state index in [9.17, 15) is 10.2 Å². The Morgan fingerprint density at radius 1 is 0.266 bits per heavy atom. The number of hydrogen-bond acceptors (Lipinski definition) is 10. The minimum atomic E-state index is 0.217. The average molecular weight is 1610 g/mol. The molecule has 21 rings (SSSR count). The van der Waals surface area contributed by atoms with Crippen LogP contribution in [0.2, 0.25) is 0 Å². The molecule has 14 nitrogen and oxygen atoms in total. The van der Waals surface area contributed by atoms with Gasteiger partial charge in [0, 0.05) is 163 Å². The Morgan fingerprint density at radius 2 is 0.468 bits per heavy atom. The third-order valence-electron chi connectivity index (χ3n) is 23.9. The van der Waals surface area contributed by atoms with Crippen LogP contribution >= 0.6 is 0 Å². The van der Waals surface area contributed by atoms with Crippen LogP contribution in [0.15, 0.2) is 313 Å². The van der Waals surface area contributed by atoms with E-state index in [-0.39, 0.29) is 11.5 Å². The number of nitrogens with one attached hydrogen (secondary N) is 4. The van der Waals surface area contributed by atoms with Crippen molar-refractivity contribution in [1.29, 1.82) is 0 Å². The van der Waals surface area contributed by atoms with Gasteiger partial charge in [-0.2, -0.15) is 0 Å². The van der Waals surface area contributed by atoms with E-state index in [0.717, 1.165) is 239 Å². The van der Waals surface area contributed by atoms with Crippen LogP contribution in [0, 0.1) is 13.8 Å². The van der Waals surface area contributed by atoms with E-state index in [1.807, 2.05) is 72.8 Å². The number of aliphatic imine (C=N–C) groups is 2. The van der Waals surface area contributed by atoms with E-state index in [1.54, 1.807) is 12.4 Å². The molecular formula is C110H84N12O2. The maximum absolute atomic E-state index is 12.1. The van der Waals surface area contributed by atoms with Crippen molar-refractivity contribution >= 4 is 117 Å². The maximum Gasteiger partial charge on any atom is 0.128 e. The Kier molecular flexibility index (Phi) is 20.0. The van der Waals surface area contributed by atoms with Crippen molar-refractivity contribution in [3.05, 3.63) is 382 Å². The number of hydrogen-bond donors (Lipinski definition) is 6. The number of aryl methyl sites for hydroxylation is 2. The van der Waals surface area contributed by atoms with Crippen LogP contribution in [0.5, 0.6) is 11.5 Å². The third kappa shape index (κ3) is 15.0. The molecule has 1 saturated heterocycles. The van der Waals surface area contributed by atoms with Gasteiger partial charge in [0.25, 0.3) is 0 Å². The number of H-pyrrole nitrogens is 4. The number of nitrogens with zero attached hydrogens (tertiary/aromatic N) is 8. The first-order valence-electron chi connectivity index (χ1n) is 42.1. The van der Waals surface area contributed by atoms with Crippen LogP contribution in [-0.4, -0.2) is 98.5 Å². The molecule has 124 heavy (non-hydrogen) atoms. The summed E-state index contributed by atoms with van der Waals surface area (Å²) in [5.41, 5.74) is 36.6. The number of benzene rings is 10. The average Bonchev–Trinajstić information content (AvgIpc) is 1.62. The quantitative estimate of drug-likeness (QED) is 0.0516. The van der Waals surface area contributed by atoms with Gasteiger partial charge in [0.1, 0.15) is 11.5 Å². The third-order valence-corrected chi connectivity index (χ3v) is 23.9. The van der Waals surface area contributed by atoms with Crippen molar-refractivity contribution in [2.24, 2.45) is 9.98 Å². The lowest BCUT2D eigenvalue weighted by atomic mass is 10.0. The minimum absolute atomic E-state index is 0.217. The van der Waals surface area contributed by atoms with Gasteiger partial charge in [-0.3, -0.25) is 19.8 Å². The molecule has 5 aliphatic rings. The van der Waals surface area contributed by atoms with Gasteiger partial charge in [-0.1, -0.05) is 218 Å². The smallest absolute Gasteiger partial charge is 0.128 e. The van der Waals surface area contributed by atoms with Gasteiger partial charge in [0.05, 0.1) is 56.9 Å². The molecule has 0 amide bonds. The summed E-state index contributed by atoms with van der Waals surface area (Å²) in [4.78, 5) is 52.2. The monoisotopic (exact) mass is 1600 g/mol. The zero-order valence-corrected chi connectivity index (χ0v) is 68.4. The van der Waals surface area contributed by atoms with Crippen molar-refractivity contribution in [3.63, 3.8) is 0 Å². The van der Waals surface area contributed by atoms with Gasteiger partial charge in [-0.05, 0) is 203 Å². The zero-order valence-electron chi connectivity index (χ0n) is 68.4. The van der Waals surface area contributed by atoms with E-state index < -0.39 is 0 Å². The summed E-state index contributed by atoms with van der Waals surface area (Å²) in [5.74, 6) is 0.434. The second-order valence-electron chi connectivity index (χ2n) is 32.1. The van der Waals surface area contributed by atoms with Gasteiger partial charge >= 0.3 is 0 Å². The number of aromatic amines is 4. The normalized spacial score (nSPS) is 13.3. The second kappa shape index (κ2) is 32.8. The fourth-order valence-corrected chi connectivity index (χ4v) is 18.0. The summed E-state index contributed by atoms with van der Waals surface area (Å²) in [5, 5.41) is 24.1. The predicted molar refractivity (Wildman–Crippen MR) is 512 cm³/mol. The first-order chi connectivity index (χ1) is 61.0. The number of fused-ring (bicyclic) bond motifs is 16. The Bertz CT molecular complexity index is 6900. The van der Waals surface area contributed by atoms with Crippen molar-refractivity contribution in [2.75, 3.05) is 26.2 Å². The number of aromatic nitrogens is 8. The van der Waals surface area contributed by atoms with Gasteiger partial charge in [-0.15, -0.1) is 0 Å². The van der Waals surface area contributed by atoms with Crippen molar-refractivity contribution in [2.45, 2.75) is 26.9 Å². The molecule has 0 aliphatic carbocycles. The lowest BCUT2D eigenvalue weighted by molar-refractivity contribution is 0.120. The van der Waals surface area contributed by atoms with Crippen LogP contribution in [0.4, 0.5) is 11.4 Å². The van der Waals surface area contributed by atoms with E-state index >= 15 is 0 Å². The second-order valence-corrected chi connectivity index (χ2v) is 32.1. The molecule has 596 valence electrons. The van der Waals surface area contributed by atoms with E-state index in [1.165, 1.54) is 0 Å². The lowest BCUT2D eigenvalue weighted by Gasteiger charge is -2.35. The van der Waals surface area contributed by atoms with Crippen molar-refractivity contribution in [1.82, 2.24) is 49.7 Å². The highest BCUT2D eigenvalue weighted by Gasteiger charge is 2.26. The molecule has 16 bridgehead atoms. The molecule has 0 radical (unpaired) electrons. The lowest BCUT2D eigenvalue weighted by Crippen LogP contribution is -2.45. The van der Waals surface area contributed by atoms with Crippen molar-refractivity contribution < 1.29 is 10.2 Å². The van der Waals surface area contributed by atoms with Crippen LogP contribution in [0.3, 0.4) is 0 Å². The number of phenols is 2. The molecule has 10 aromatic carbocycles. The molecule has 16 aromatic rings. The number of phenolic OH excluding ortho intramolecular Hbond substituents is 2. The van der Waals surface area contributed by atoms with Crippen molar-refractivity contribution in [3.8, 4) is 101 Å². The molecule has 0 saturated carbocycles. The minimum Gasteiger partial charge on any atom is -0.507 e. The molecule has 5 aliphatic heterocycles. The van der Waals surface area contributed by atoms with E-state index in [2.05, 4.69) is 323 Å². The Morgan fingerprint density at radius 3 is 0.677 bits per heavy atom. The van der Waals surface area contributed by atoms with E-state index in [0.29, 0.717) is 24.2 Å². The summed E-state index contributed by atoms with van der Waals surface area (Å²) in [6, 6.07) is 105. The molecule has 0 atom stereocenters. The zero-order chi connectivity index (χ0) is 83.1. The summed E-state index contributed by atoms with van der Waals surface area (Å²) in [7, 11) is 0. The fraction of sp³-hybridized carbons (Fsp3) is 0.0727. The van der Waals surface area contributed by atoms with Gasteiger partial charge in [0.15, 0.2) is 0 Å². The highest BCUT2D eigenvalue weighted by atomic mass is 16.3. The van der Waals surface area contributed by atoms with Gasteiger partial charge < -0.3 is 30.1 Å². The Labute approximate surface area is 717 Å². The molecule has 1 fully saturated rings. The summed E-state index contributed by atoms with van der Waals surface area (Å²) in [6.45, 7) is 8.40. The topological polar surface area (TPSA) is 186 Å². The highest BCUT2D eigenvalue weighted by molar-refractivity contribution is 6.04. The Balaban J connectivity index is 0.532. The summed E-state index contributed by atoms with van der Waals surface area (Å²) < 4.78 is 0. The molecule has 11 heterocycles. The molecule has 14 heteroatoms. The molecule has 0 spiro atoms. The van der Waals surface area contributed by atoms with Crippen LogP contribution in [-0.2, 0) is 13.1 Å². The van der Waals surface area contributed by atoms with Crippen LogP contribution < -0.4 is 0 Å². The first kappa shape index (κ1) is 75.7. The Hall–Kier alpha value is -15.7. The van der Waals surface area contributed by atoms with Gasteiger partial charge in [-0.25, -0.2) is 19.9 Å². The largest absolute Gasteiger partial charge is 0.507 e. The summed E-state index contributed by atoms with van der Waals surface area (Å²) in [6.07, 6.45) is 20.5. The molecule has 0 unspecified atom stereocenters. The fourth-order valence-electron chi connectivity index (χ4n) is 18.0. The highest BCUT2D eigenvalue weighted by Crippen LogP contribution is 2.44. The SMILES string of the molecule is Cc1cc(C=Nc2ccc(-c3c4nc(c(-c5ccccc5)c5ccc([nH]5)c(-c5ccccc5)c5nc(c(-c6ccccc6)c6ccc3[nH]6)C=C5)C=C4)cc2)c(O)c(CN2CCN(Cc3cc(C)cc(C=Nc4ccc(-c5c6nc(c(-c7ccccc7)c7ccc([nH]7)c(-c7ccccc7)c7nc(c(-c8ccccc8)c8ccc5[nH]8)C=C7)C=C6)cc4)c3O)CC2)c1.